The molecule has 1 heterocycles. The molecular weight excluding hydrogens is 366 g/mol. The van der Waals surface area contributed by atoms with Gasteiger partial charge in [0.05, 0.1) is 11.1 Å². The third kappa shape index (κ3) is 2.81. The Morgan fingerprint density at radius 2 is 1.54 bits per heavy atom. The summed E-state index contributed by atoms with van der Waals surface area (Å²) in [5.74, 6) is -2.48. The first-order valence-corrected chi connectivity index (χ1v) is 7.29. The van der Waals surface area contributed by atoms with E-state index in [-0.39, 0.29) is 18.1 Å². The summed E-state index contributed by atoms with van der Waals surface area (Å²) in [6, 6.07) is 0.973. The zero-order chi connectivity index (χ0) is 19.5. The number of esters is 1. The summed E-state index contributed by atoms with van der Waals surface area (Å²) in [5, 5.41) is 0. The van der Waals surface area contributed by atoms with E-state index in [0.29, 0.717) is 12.1 Å². The average molecular weight is 376 g/mol. The standard InChI is InChI=1S/C17H10F6O3/c1-8-13-7-12(24)2-3-15(13,26-14(8)25)9-4-10(16(18,19)20)6-11(5-9)17(21,22)23/h2-6,13H,1,7H2/t13-,15+/m0/s1. The van der Waals surface area contributed by atoms with E-state index >= 15 is 0 Å². The molecule has 2 aliphatic rings. The molecule has 0 aromatic heterocycles. The van der Waals surface area contributed by atoms with E-state index in [2.05, 4.69) is 6.58 Å². The molecule has 138 valence electrons. The number of carbonyl (C=O) groups is 2. The third-order valence-electron chi connectivity index (χ3n) is 4.42. The van der Waals surface area contributed by atoms with E-state index in [9.17, 15) is 35.9 Å². The molecule has 0 unspecified atom stereocenters. The topological polar surface area (TPSA) is 43.4 Å². The zero-order valence-electron chi connectivity index (χ0n) is 12.9. The number of halogens is 6. The van der Waals surface area contributed by atoms with E-state index in [1.807, 2.05) is 0 Å². The lowest BCUT2D eigenvalue weighted by molar-refractivity contribution is -0.146. The van der Waals surface area contributed by atoms with E-state index in [0.717, 1.165) is 12.2 Å². The maximum Gasteiger partial charge on any atom is 0.416 e. The Labute approximate surface area is 142 Å². The van der Waals surface area contributed by atoms with Gasteiger partial charge in [-0.15, -0.1) is 0 Å². The zero-order valence-corrected chi connectivity index (χ0v) is 12.9. The van der Waals surface area contributed by atoms with Gasteiger partial charge in [-0.2, -0.15) is 26.3 Å². The van der Waals surface area contributed by atoms with Crippen molar-refractivity contribution in [3.05, 3.63) is 59.2 Å². The van der Waals surface area contributed by atoms with E-state index in [1.54, 1.807) is 0 Å². The summed E-state index contributed by atoms with van der Waals surface area (Å²) in [4.78, 5) is 23.5. The van der Waals surface area contributed by atoms with Crippen molar-refractivity contribution in [1.82, 2.24) is 0 Å². The smallest absolute Gasteiger partial charge is 0.416 e. The highest BCUT2D eigenvalue weighted by molar-refractivity contribution is 5.98. The number of hydrogen-bond donors (Lipinski definition) is 0. The SMILES string of the molecule is C=C1C(=O)O[C@@]2(c3cc(C(F)(F)F)cc(C(F)(F)F)c3)C=CC(=O)C[C@@H]12. The first-order chi connectivity index (χ1) is 11.8. The minimum Gasteiger partial charge on any atom is -0.446 e. The predicted molar refractivity (Wildman–Crippen MR) is 75.6 cm³/mol. The monoisotopic (exact) mass is 376 g/mol. The Hall–Kier alpha value is -2.58. The average Bonchev–Trinajstić information content (AvgIpc) is 2.78. The van der Waals surface area contributed by atoms with Gasteiger partial charge in [-0.05, 0) is 30.4 Å². The number of fused-ring (bicyclic) bond motifs is 1. The number of ether oxygens (including phenoxy) is 1. The van der Waals surface area contributed by atoms with Crippen LogP contribution in [0.5, 0.6) is 0 Å². The van der Waals surface area contributed by atoms with Crippen LogP contribution in [0.3, 0.4) is 0 Å². The molecule has 0 amide bonds. The van der Waals surface area contributed by atoms with Crippen molar-refractivity contribution in [3.8, 4) is 0 Å². The summed E-state index contributed by atoms with van der Waals surface area (Å²) in [6.07, 6.45) is -8.39. The van der Waals surface area contributed by atoms with E-state index < -0.39 is 52.3 Å². The minimum absolute atomic E-state index is 0.0154. The maximum atomic E-state index is 13.1. The first-order valence-electron chi connectivity index (χ1n) is 7.29. The van der Waals surface area contributed by atoms with Gasteiger partial charge in [0.25, 0.3) is 0 Å². The number of hydrogen-bond acceptors (Lipinski definition) is 3. The maximum absolute atomic E-state index is 13.1. The highest BCUT2D eigenvalue weighted by atomic mass is 19.4. The minimum atomic E-state index is -5.05. The summed E-state index contributed by atoms with van der Waals surface area (Å²) in [7, 11) is 0. The molecule has 0 saturated carbocycles. The van der Waals surface area contributed by atoms with Crippen LogP contribution in [-0.4, -0.2) is 11.8 Å². The molecule has 1 aliphatic heterocycles. The third-order valence-corrected chi connectivity index (χ3v) is 4.42. The van der Waals surface area contributed by atoms with Crippen LogP contribution in [0.25, 0.3) is 0 Å². The van der Waals surface area contributed by atoms with Crippen molar-refractivity contribution < 1.29 is 40.7 Å². The summed E-state index contributed by atoms with van der Waals surface area (Å²) >= 11 is 0. The molecule has 1 aliphatic carbocycles. The summed E-state index contributed by atoms with van der Waals surface area (Å²) in [5.41, 5.74) is -5.68. The van der Waals surface area contributed by atoms with Gasteiger partial charge >= 0.3 is 18.3 Å². The molecule has 9 heteroatoms. The second-order valence-corrected chi connectivity index (χ2v) is 6.06. The van der Waals surface area contributed by atoms with E-state index in [1.165, 1.54) is 0 Å². The largest absolute Gasteiger partial charge is 0.446 e. The lowest BCUT2D eigenvalue weighted by atomic mass is 9.73. The number of rotatable bonds is 1. The Balaban J connectivity index is 2.27. The quantitative estimate of drug-likeness (QED) is 0.420. The Morgan fingerprint density at radius 3 is 2.04 bits per heavy atom. The Morgan fingerprint density at radius 1 is 1.00 bits per heavy atom. The fourth-order valence-corrected chi connectivity index (χ4v) is 3.14. The van der Waals surface area contributed by atoms with E-state index in [4.69, 9.17) is 4.74 Å². The second kappa shape index (κ2) is 5.46. The Kier molecular flexibility index (Phi) is 3.82. The molecule has 0 radical (unpaired) electrons. The number of ketones is 1. The van der Waals surface area contributed by atoms with Gasteiger partial charge in [0.2, 0.25) is 0 Å². The fourth-order valence-electron chi connectivity index (χ4n) is 3.14. The lowest BCUT2D eigenvalue weighted by Crippen LogP contribution is -2.35. The summed E-state index contributed by atoms with van der Waals surface area (Å²) < 4.78 is 83.7. The van der Waals surface area contributed by atoms with Crippen LogP contribution in [0.2, 0.25) is 0 Å². The molecule has 0 spiro atoms. The number of benzene rings is 1. The molecule has 0 N–H and O–H groups in total. The van der Waals surface area contributed by atoms with Crippen LogP contribution in [-0.2, 0) is 32.3 Å². The Bertz CT molecular complexity index is 817. The van der Waals surface area contributed by atoms with Crippen LogP contribution >= 0.6 is 0 Å². The van der Waals surface area contributed by atoms with Gasteiger partial charge in [0.15, 0.2) is 11.4 Å². The molecule has 1 aromatic rings. The van der Waals surface area contributed by atoms with Gasteiger partial charge < -0.3 is 4.74 Å². The highest BCUT2D eigenvalue weighted by Gasteiger charge is 2.54. The lowest BCUT2D eigenvalue weighted by Gasteiger charge is -2.33. The van der Waals surface area contributed by atoms with Crippen LogP contribution in [0.4, 0.5) is 26.3 Å². The molecule has 1 fully saturated rings. The molecule has 3 nitrogen and oxygen atoms in total. The number of alkyl halides is 6. The van der Waals surface area contributed by atoms with Crippen molar-refractivity contribution in [2.45, 2.75) is 24.4 Å². The van der Waals surface area contributed by atoms with Crippen LogP contribution in [0.1, 0.15) is 23.1 Å². The van der Waals surface area contributed by atoms with Crippen molar-refractivity contribution >= 4 is 11.8 Å². The van der Waals surface area contributed by atoms with Crippen molar-refractivity contribution in [1.29, 1.82) is 0 Å². The predicted octanol–water partition coefficient (Wildman–Crippen LogP) is 4.18. The van der Waals surface area contributed by atoms with Gasteiger partial charge in [0, 0.05) is 23.5 Å². The van der Waals surface area contributed by atoms with Crippen molar-refractivity contribution in [2.24, 2.45) is 5.92 Å². The van der Waals surface area contributed by atoms with Gasteiger partial charge in [-0.25, -0.2) is 4.79 Å². The van der Waals surface area contributed by atoms with Crippen LogP contribution in [0.15, 0.2) is 42.5 Å². The molecule has 0 bridgehead atoms. The van der Waals surface area contributed by atoms with Crippen molar-refractivity contribution in [3.63, 3.8) is 0 Å². The van der Waals surface area contributed by atoms with Crippen molar-refractivity contribution in [2.75, 3.05) is 0 Å². The van der Waals surface area contributed by atoms with Crippen LogP contribution in [0, 0.1) is 5.92 Å². The van der Waals surface area contributed by atoms with Crippen LogP contribution < -0.4 is 0 Å². The van der Waals surface area contributed by atoms with Gasteiger partial charge in [0.1, 0.15) is 0 Å². The molecule has 2 atom stereocenters. The van der Waals surface area contributed by atoms with Gasteiger partial charge in [-0.1, -0.05) is 6.58 Å². The second-order valence-electron chi connectivity index (χ2n) is 6.06. The normalized spacial score (nSPS) is 26.1. The highest BCUT2D eigenvalue weighted by Crippen LogP contribution is 2.50. The first kappa shape index (κ1) is 18.2. The van der Waals surface area contributed by atoms with Gasteiger partial charge in [-0.3, -0.25) is 4.79 Å². The fraction of sp³-hybridized carbons (Fsp3) is 0.294. The molecule has 1 aromatic carbocycles. The molecular formula is C17H10F6O3. The molecule has 26 heavy (non-hydrogen) atoms. The molecule has 3 rings (SSSR count). The summed E-state index contributed by atoms with van der Waals surface area (Å²) in [6.45, 7) is 3.46. The molecule has 1 saturated heterocycles. The number of allylic oxidation sites excluding steroid dienone is 1. The number of carbonyl (C=O) groups excluding carboxylic acids is 2.